The lowest BCUT2D eigenvalue weighted by atomic mass is 10.1. The van der Waals surface area contributed by atoms with Crippen LogP contribution in [0.1, 0.15) is 36.4 Å². The predicted molar refractivity (Wildman–Crippen MR) is 134 cm³/mol. The lowest BCUT2D eigenvalue weighted by Crippen LogP contribution is -2.30. The van der Waals surface area contributed by atoms with Gasteiger partial charge in [0.2, 0.25) is 5.82 Å². The topological polar surface area (TPSA) is 60.3 Å². The molecule has 1 aromatic heterocycles. The number of nitrogens with one attached hydrogen (secondary N) is 2. The number of aromatic nitrogens is 2. The molecule has 12 heteroatoms. The number of anilines is 1. The van der Waals surface area contributed by atoms with Crippen LogP contribution in [0.15, 0.2) is 18.2 Å². The molecule has 37 heavy (non-hydrogen) atoms. The van der Waals surface area contributed by atoms with Crippen LogP contribution in [0.3, 0.4) is 0 Å². The van der Waals surface area contributed by atoms with Gasteiger partial charge in [-0.3, -0.25) is 4.68 Å². The minimum atomic E-state index is -2.20. The minimum absolute atomic E-state index is 0.276. The molecule has 0 fully saturated rings. The van der Waals surface area contributed by atoms with Crippen LogP contribution < -0.4 is 20.1 Å². The molecular formula is C25H27F5N4O2S. The van der Waals surface area contributed by atoms with Gasteiger partial charge in [0.05, 0.1) is 42.4 Å². The van der Waals surface area contributed by atoms with Gasteiger partial charge >= 0.3 is 0 Å². The van der Waals surface area contributed by atoms with Gasteiger partial charge in [0, 0.05) is 6.54 Å². The lowest BCUT2D eigenvalue weighted by molar-refractivity contribution is 0.287. The van der Waals surface area contributed by atoms with E-state index in [4.69, 9.17) is 21.7 Å². The zero-order chi connectivity index (χ0) is 27.3. The monoisotopic (exact) mass is 542 g/mol. The van der Waals surface area contributed by atoms with E-state index in [9.17, 15) is 22.0 Å². The van der Waals surface area contributed by atoms with Crippen LogP contribution in [-0.2, 0) is 13.0 Å². The van der Waals surface area contributed by atoms with E-state index in [1.54, 1.807) is 13.8 Å². The highest BCUT2D eigenvalue weighted by atomic mass is 32.1. The molecule has 0 amide bonds. The normalized spacial score (nSPS) is 10.9. The van der Waals surface area contributed by atoms with E-state index >= 15 is 0 Å². The minimum Gasteiger partial charge on any atom is -0.490 e. The summed E-state index contributed by atoms with van der Waals surface area (Å²) >= 11 is 5.36. The number of hydrogen-bond acceptors (Lipinski definition) is 4. The molecule has 6 nitrogen and oxygen atoms in total. The maximum absolute atomic E-state index is 14.1. The molecule has 0 aliphatic heterocycles. The second kappa shape index (κ2) is 12.2. The third-order valence-corrected chi connectivity index (χ3v) is 5.78. The Hall–Kier alpha value is -3.41. The first-order valence-corrected chi connectivity index (χ1v) is 12.0. The molecule has 0 aliphatic rings. The van der Waals surface area contributed by atoms with Crippen LogP contribution in [0.25, 0.3) is 0 Å². The van der Waals surface area contributed by atoms with Gasteiger partial charge in [0.15, 0.2) is 39.9 Å². The van der Waals surface area contributed by atoms with Crippen molar-refractivity contribution in [3.8, 4) is 11.5 Å². The van der Waals surface area contributed by atoms with E-state index in [1.165, 1.54) is 0 Å². The van der Waals surface area contributed by atoms with Crippen LogP contribution in [0.2, 0.25) is 0 Å². The quantitative estimate of drug-likeness (QED) is 0.151. The van der Waals surface area contributed by atoms with E-state index in [-0.39, 0.29) is 5.11 Å². The van der Waals surface area contributed by atoms with E-state index in [1.807, 2.05) is 32.0 Å². The highest BCUT2D eigenvalue weighted by Gasteiger charge is 2.26. The number of aryl methyl sites for hydroxylation is 1. The average Bonchev–Trinajstić information content (AvgIpc) is 3.13. The van der Waals surface area contributed by atoms with Crippen molar-refractivity contribution in [1.29, 1.82) is 0 Å². The fourth-order valence-electron chi connectivity index (χ4n) is 3.70. The van der Waals surface area contributed by atoms with Gasteiger partial charge in [-0.15, -0.1) is 0 Å². The number of benzene rings is 2. The first kappa shape index (κ1) is 28.2. The largest absolute Gasteiger partial charge is 0.490 e. The fourth-order valence-corrected chi connectivity index (χ4v) is 3.90. The summed E-state index contributed by atoms with van der Waals surface area (Å²) in [6.45, 7) is 7.87. The molecule has 0 bridgehead atoms. The third-order valence-electron chi connectivity index (χ3n) is 5.54. The smallest absolute Gasteiger partial charge is 0.200 e. The summed E-state index contributed by atoms with van der Waals surface area (Å²) in [5.74, 6) is -8.65. The molecule has 3 aromatic rings. The SMILES string of the molecule is CCOc1ccc(CCNC(=S)Nc2c(C)nn(Cc3c(F)c(F)c(F)c(F)c3F)c2C)cc1OCC. The average molecular weight is 543 g/mol. The summed E-state index contributed by atoms with van der Waals surface area (Å²) in [6.07, 6.45) is 0.631. The van der Waals surface area contributed by atoms with Crippen LogP contribution in [0.5, 0.6) is 11.5 Å². The van der Waals surface area contributed by atoms with E-state index in [0.29, 0.717) is 54.8 Å². The summed E-state index contributed by atoms with van der Waals surface area (Å²) in [5, 5.41) is 10.5. The van der Waals surface area contributed by atoms with Crippen molar-refractivity contribution in [1.82, 2.24) is 15.1 Å². The zero-order valence-corrected chi connectivity index (χ0v) is 21.6. The summed E-state index contributed by atoms with van der Waals surface area (Å²) in [6, 6.07) is 5.69. The molecule has 0 spiro atoms. The Morgan fingerprint density at radius 3 is 2.14 bits per heavy atom. The Bertz CT molecular complexity index is 1270. The predicted octanol–water partition coefficient (Wildman–Crippen LogP) is 5.57. The van der Waals surface area contributed by atoms with E-state index < -0.39 is 41.2 Å². The molecule has 0 atom stereocenters. The van der Waals surface area contributed by atoms with E-state index in [2.05, 4.69) is 15.7 Å². The van der Waals surface area contributed by atoms with Gasteiger partial charge < -0.3 is 20.1 Å². The van der Waals surface area contributed by atoms with Gasteiger partial charge in [-0.05, 0) is 64.0 Å². The van der Waals surface area contributed by atoms with Gasteiger partial charge in [0.1, 0.15) is 0 Å². The third kappa shape index (κ3) is 6.30. The molecule has 1 heterocycles. The van der Waals surface area contributed by atoms with Crippen molar-refractivity contribution >= 4 is 23.0 Å². The molecule has 200 valence electrons. The van der Waals surface area contributed by atoms with Crippen molar-refractivity contribution in [2.75, 3.05) is 25.1 Å². The molecule has 0 aliphatic carbocycles. The van der Waals surface area contributed by atoms with Crippen molar-refractivity contribution in [2.24, 2.45) is 0 Å². The number of halogens is 5. The summed E-state index contributed by atoms with van der Waals surface area (Å²) in [5.41, 5.74) is 1.32. The van der Waals surface area contributed by atoms with E-state index in [0.717, 1.165) is 10.2 Å². The standard InChI is InChI=1S/C25H27F5N4O2S/c1-5-35-17-8-7-15(11-18(17)36-6-2)9-10-31-25(37)32-24-13(3)33-34(14(24)4)12-16-19(26)21(28)23(30)22(29)20(16)27/h7-8,11H,5-6,9-10,12H2,1-4H3,(H2,31,32,37). The fraction of sp³-hybridized carbons (Fsp3) is 0.360. The van der Waals surface area contributed by atoms with Crippen molar-refractivity contribution in [2.45, 2.75) is 40.7 Å². The number of ether oxygens (including phenoxy) is 2. The first-order chi connectivity index (χ1) is 17.6. The Kier molecular flexibility index (Phi) is 9.30. The molecule has 0 radical (unpaired) electrons. The van der Waals surface area contributed by atoms with Crippen LogP contribution in [0, 0.1) is 42.9 Å². The first-order valence-electron chi connectivity index (χ1n) is 11.6. The summed E-state index contributed by atoms with van der Waals surface area (Å²) in [4.78, 5) is 0. The summed E-state index contributed by atoms with van der Waals surface area (Å²) < 4.78 is 81.1. The number of hydrogen-bond donors (Lipinski definition) is 2. The summed E-state index contributed by atoms with van der Waals surface area (Å²) in [7, 11) is 0. The Morgan fingerprint density at radius 2 is 1.51 bits per heavy atom. The molecule has 2 N–H and O–H groups in total. The Labute approximate surface area is 216 Å². The second-order valence-electron chi connectivity index (χ2n) is 8.03. The molecule has 0 saturated heterocycles. The number of thiocarbonyl (C=S) groups is 1. The molecular weight excluding hydrogens is 515 g/mol. The zero-order valence-electron chi connectivity index (χ0n) is 20.8. The highest BCUT2D eigenvalue weighted by molar-refractivity contribution is 7.80. The molecule has 2 aromatic carbocycles. The second-order valence-corrected chi connectivity index (χ2v) is 8.44. The van der Waals surface area contributed by atoms with Gasteiger partial charge in [-0.2, -0.15) is 5.10 Å². The number of nitrogens with zero attached hydrogens (tertiary/aromatic N) is 2. The van der Waals surface area contributed by atoms with Gasteiger partial charge in [-0.25, -0.2) is 22.0 Å². The van der Waals surface area contributed by atoms with Crippen molar-refractivity contribution in [3.63, 3.8) is 0 Å². The van der Waals surface area contributed by atoms with Crippen molar-refractivity contribution < 1.29 is 31.4 Å². The molecule has 3 rings (SSSR count). The van der Waals surface area contributed by atoms with Crippen LogP contribution in [-0.4, -0.2) is 34.7 Å². The van der Waals surface area contributed by atoms with Crippen LogP contribution >= 0.6 is 12.2 Å². The lowest BCUT2D eigenvalue weighted by Gasteiger charge is -2.14. The Morgan fingerprint density at radius 1 is 0.919 bits per heavy atom. The molecule has 0 saturated carbocycles. The van der Waals surface area contributed by atoms with Crippen molar-refractivity contribution in [3.05, 3.63) is 69.8 Å². The van der Waals surface area contributed by atoms with Gasteiger partial charge in [-0.1, -0.05) is 6.07 Å². The number of rotatable bonds is 10. The maximum atomic E-state index is 14.1. The molecule has 0 unspecified atom stereocenters. The maximum Gasteiger partial charge on any atom is 0.200 e. The highest BCUT2D eigenvalue weighted by Crippen LogP contribution is 2.29. The Balaban J connectivity index is 1.66. The van der Waals surface area contributed by atoms with Crippen LogP contribution in [0.4, 0.5) is 27.6 Å². The van der Waals surface area contributed by atoms with Gasteiger partial charge in [0.25, 0.3) is 0 Å².